The largest absolute Gasteiger partial charge is 0.388 e. The van der Waals surface area contributed by atoms with Gasteiger partial charge in [0, 0.05) is 24.8 Å². The second-order valence-electron chi connectivity index (χ2n) is 4.67. The molecule has 1 aliphatic heterocycles. The highest BCUT2D eigenvalue weighted by molar-refractivity contribution is 6.28. The van der Waals surface area contributed by atoms with Crippen LogP contribution in [0, 0.1) is 6.92 Å². The minimum absolute atomic E-state index is 0.255. The molecule has 88 valence electrons. The molecule has 0 aromatic carbocycles. The molecule has 1 unspecified atom stereocenters. The average molecular weight is 242 g/mol. The number of aliphatic hydroxyl groups is 1. The van der Waals surface area contributed by atoms with Gasteiger partial charge in [0.1, 0.15) is 5.82 Å². The fraction of sp³-hybridized carbons (Fsp3) is 0.636. The molecule has 2 heterocycles. The van der Waals surface area contributed by atoms with Crippen LogP contribution < -0.4 is 4.90 Å². The topological polar surface area (TPSA) is 49.2 Å². The Morgan fingerprint density at radius 3 is 3.00 bits per heavy atom. The first kappa shape index (κ1) is 11.6. The van der Waals surface area contributed by atoms with E-state index in [0.29, 0.717) is 6.54 Å². The molecular weight excluding hydrogens is 226 g/mol. The molecule has 1 aromatic heterocycles. The Hall–Kier alpha value is -0.870. The van der Waals surface area contributed by atoms with Crippen molar-refractivity contribution in [1.82, 2.24) is 9.97 Å². The number of hydrogen-bond acceptors (Lipinski definition) is 4. The van der Waals surface area contributed by atoms with Crippen LogP contribution in [-0.2, 0) is 0 Å². The van der Waals surface area contributed by atoms with Crippen LogP contribution in [0.3, 0.4) is 0 Å². The molecule has 1 aliphatic rings. The molecule has 5 heteroatoms. The summed E-state index contributed by atoms with van der Waals surface area (Å²) in [6.07, 6.45) is 3.52. The van der Waals surface area contributed by atoms with E-state index >= 15 is 0 Å². The maximum absolute atomic E-state index is 10.0. The number of aromatic nitrogens is 2. The maximum Gasteiger partial charge on any atom is 0.224 e. The van der Waals surface area contributed by atoms with Gasteiger partial charge in [0.15, 0.2) is 0 Å². The van der Waals surface area contributed by atoms with E-state index in [9.17, 15) is 5.11 Å². The molecule has 0 spiro atoms. The lowest BCUT2D eigenvalue weighted by Crippen LogP contribution is -2.46. The molecule has 1 fully saturated rings. The van der Waals surface area contributed by atoms with Gasteiger partial charge < -0.3 is 10.0 Å². The predicted molar refractivity (Wildman–Crippen MR) is 63.8 cm³/mol. The van der Waals surface area contributed by atoms with Crippen LogP contribution in [-0.4, -0.2) is 33.8 Å². The van der Waals surface area contributed by atoms with Gasteiger partial charge in [0.25, 0.3) is 0 Å². The van der Waals surface area contributed by atoms with E-state index in [4.69, 9.17) is 11.6 Å². The van der Waals surface area contributed by atoms with Gasteiger partial charge in [-0.25, -0.2) is 9.97 Å². The van der Waals surface area contributed by atoms with Crippen LogP contribution in [0.25, 0.3) is 0 Å². The minimum Gasteiger partial charge on any atom is -0.388 e. The van der Waals surface area contributed by atoms with E-state index in [-0.39, 0.29) is 5.28 Å². The third-order valence-corrected chi connectivity index (χ3v) is 3.07. The van der Waals surface area contributed by atoms with Gasteiger partial charge in [-0.05, 0) is 38.3 Å². The Morgan fingerprint density at radius 2 is 2.31 bits per heavy atom. The van der Waals surface area contributed by atoms with Crippen LogP contribution in [0.4, 0.5) is 5.82 Å². The van der Waals surface area contributed by atoms with Crippen LogP contribution in [0.1, 0.15) is 25.3 Å². The molecule has 2 rings (SSSR count). The lowest BCUT2D eigenvalue weighted by atomic mass is 9.95. The van der Waals surface area contributed by atoms with Crippen LogP contribution >= 0.6 is 11.6 Å². The molecule has 1 atom stereocenters. The van der Waals surface area contributed by atoms with Crippen molar-refractivity contribution in [3.05, 3.63) is 17.0 Å². The van der Waals surface area contributed by atoms with Gasteiger partial charge >= 0.3 is 0 Å². The Bertz CT molecular complexity index is 395. The van der Waals surface area contributed by atoms with Crippen molar-refractivity contribution in [2.75, 3.05) is 18.0 Å². The number of β-amino-alcohol motifs (C(OH)–C–C–N with tert-alkyl or cyclic N) is 1. The standard InChI is InChI=1S/C11H16ClN3O/c1-8-6-13-10(12)14-9(8)15-5-3-4-11(2,16)7-15/h6,16H,3-5,7H2,1-2H3. The smallest absolute Gasteiger partial charge is 0.224 e. The number of rotatable bonds is 1. The molecule has 16 heavy (non-hydrogen) atoms. The van der Waals surface area contributed by atoms with Gasteiger partial charge in [-0.1, -0.05) is 0 Å². The van der Waals surface area contributed by atoms with Crippen molar-refractivity contribution >= 4 is 17.4 Å². The van der Waals surface area contributed by atoms with Crippen LogP contribution in [0.15, 0.2) is 6.20 Å². The monoisotopic (exact) mass is 241 g/mol. The van der Waals surface area contributed by atoms with Crippen LogP contribution in [0.5, 0.6) is 0 Å². The lowest BCUT2D eigenvalue weighted by Gasteiger charge is -2.38. The summed E-state index contributed by atoms with van der Waals surface area (Å²) in [5, 5.41) is 10.3. The second kappa shape index (κ2) is 4.18. The van der Waals surface area contributed by atoms with E-state index in [2.05, 4.69) is 14.9 Å². The first-order valence-corrected chi connectivity index (χ1v) is 5.82. The normalized spacial score (nSPS) is 25.9. The van der Waals surface area contributed by atoms with Gasteiger partial charge in [-0.3, -0.25) is 0 Å². The quantitative estimate of drug-likeness (QED) is 0.762. The molecule has 4 nitrogen and oxygen atoms in total. The van der Waals surface area contributed by atoms with Crippen molar-refractivity contribution in [1.29, 1.82) is 0 Å². The summed E-state index contributed by atoms with van der Waals surface area (Å²) in [6, 6.07) is 0. The summed E-state index contributed by atoms with van der Waals surface area (Å²) < 4.78 is 0. The highest BCUT2D eigenvalue weighted by atomic mass is 35.5. The Kier molecular flexibility index (Phi) is 3.04. The molecular formula is C11H16ClN3O. The Labute approximate surface area is 100 Å². The highest BCUT2D eigenvalue weighted by Crippen LogP contribution is 2.26. The second-order valence-corrected chi connectivity index (χ2v) is 5.01. The van der Waals surface area contributed by atoms with Crippen molar-refractivity contribution < 1.29 is 5.11 Å². The number of nitrogens with zero attached hydrogens (tertiary/aromatic N) is 3. The molecule has 1 N–H and O–H groups in total. The van der Waals surface area contributed by atoms with E-state index in [1.165, 1.54) is 0 Å². The molecule has 0 radical (unpaired) electrons. The average Bonchev–Trinajstić information content (AvgIpc) is 2.20. The van der Waals surface area contributed by atoms with Crippen molar-refractivity contribution in [2.24, 2.45) is 0 Å². The number of hydrogen-bond donors (Lipinski definition) is 1. The summed E-state index contributed by atoms with van der Waals surface area (Å²) in [7, 11) is 0. The summed E-state index contributed by atoms with van der Waals surface area (Å²) in [5.41, 5.74) is 0.351. The van der Waals surface area contributed by atoms with E-state index in [0.717, 1.165) is 30.8 Å². The van der Waals surface area contributed by atoms with E-state index < -0.39 is 5.60 Å². The lowest BCUT2D eigenvalue weighted by molar-refractivity contribution is 0.0446. The Balaban J connectivity index is 2.26. The first-order chi connectivity index (χ1) is 7.48. The predicted octanol–water partition coefficient (Wildman–Crippen LogP) is 1.79. The summed E-state index contributed by atoms with van der Waals surface area (Å²) >= 11 is 5.80. The fourth-order valence-electron chi connectivity index (χ4n) is 2.13. The zero-order chi connectivity index (χ0) is 11.8. The minimum atomic E-state index is -0.637. The van der Waals surface area contributed by atoms with Crippen molar-refractivity contribution in [2.45, 2.75) is 32.3 Å². The molecule has 1 aromatic rings. The molecule has 0 bridgehead atoms. The third-order valence-electron chi connectivity index (χ3n) is 2.89. The first-order valence-electron chi connectivity index (χ1n) is 5.44. The molecule has 0 aliphatic carbocycles. The Morgan fingerprint density at radius 1 is 1.56 bits per heavy atom. The number of piperidine rings is 1. The fourth-order valence-corrected chi connectivity index (χ4v) is 2.26. The van der Waals surface area contributed by atoms with Crippen LogP contribution in [0.2, 0.25) is 5.28 Å². The maximum atomic E-state index is 10.0. The van der Waals surface area contributed by atoms with Gasteiger partial charge in [0.05, 0.1) is 5.60 Å². The van der Waals surface area contributed by atoms with Crippen molar-refractivity contribution in [3.63, 3.8) is 0 Å². The molecule has 1 saturated heterocycles. The van der Waals surface area contributed by atoms with Gasteiger partial charge in [0.2, 0.25) is 5.28 Å². The zero-order valence-corrected chi connectivity index (χ0v) is 10.3. The summed E-state index contributed by atoms with van der Waals surface area (Å²) in [4.78, 5) is 10.2. The summed E-state index contributed by atoms with van der Waals surface area (Å²) in [6.45, 7) is 5.32. The van der Waals surface area contributed by atoms with E-state index in [1.54, 1.807) is 6.20 Å². The zero-order valence-electron chi connectivity index (χ0n) is 9.57. The molecule has 0 saturated carbocycles. The summed E-state index contributed by atoms with van der Waals surface area (Å²) in [5.74, 6) is 0.833. The number of anilines is 1. The van der Waals surface area contributed by atoms with Crippen molar-refractivity contribution in [3.8, 4) is 0 Å². The number of halogens is 1. The molecule has 0 amide bonds. The number of aryl methyl sites for hydroxylation is 1. The highest BCUT2D eigenvalue weighted by Gasteiger charge is 2.29. The van der Waals surface area contributed by atoms with E-state index in [1.807, 2.05) is 13.8 Å². The SMILES string of the molecule is Cc1cnc(Cl)nc1N1CCCC(C)(O)C1. The third kappa shape index (κ3) is 2.44. The van der Waals surface area contributed by atoms with Gasteiger partial charge in [-0.15, -0.1) is 0 Å². The van der Waals surface area contributed by atoms with Gasteiger partial charge in [-0.2, -0.15) is 0 Å².